The van der Waals surface area contributed by atoms with Crippen LogP contribution in [0, 0.1) is 6.92 Å². The number of H-pyrrole nitrogens is 1. The molecule has 0 radical (unpaired) electrons. The molecule has 0 aliphatic carbocycles. The lowest BCUT2D eigenvalue weighted by atomic mass is 9.94. The number of rotatable bonds is 3. The van der Waals surface area contributed by atoms with E-state index in [9.17, 15) is 0 Å². The largest absolute Gasteiger partial charge is 0.377 e. The number of nitrogens with one attached hydrogen (secondary N) is 1. The Morgan fingerprint density at radius 3 is 2.86 bits per heavy atom. The minimum absolute atomic E-state index is 0.427. The van der Waals surface area contributed by atoms with Crippen LogP contribution in [-0.2, 0) is 10.3 Å². The molecule has 6 nitrogen and oxygen atoms in total. The van der Waals surface area contributed by atoms with Gasteiger partial charge in [-0.2, -0.15) is 5.10 Å². The zero-order chi connectivity index (χ0) is 15.2. The summed E-state index contributed by atoms with van der Waals surface area (Å²) in [5.74, 6) is 0. The van der Waals surface area contributed by atoms with Gasteiger partial charge in [0.25, 0.3) is 0 Å². The second-order valence-electron chi connectivity index (χ2n) is 5.79. The first-order chi connectivity index (χ1) is 10.7. The standard InChI is InChI=1S/C16H17N5O/c1-11-2-3-12(6-14(11)21-5-4-18-10-21)13-7-15(20-19-13)16(17)8-22-9-16/h2-7,10H,8-9,17H2,1H3,(H,19,20). The number of nitrogens with two attached hydrogens (primary N) is 1. The first-order valence-corrected chi connectivity index (χ1v) is 7.18. The quantitative estimate of drug-likeness (QED) is 0.771. The third kappa shape index (κ3) is 2.04. The van der Waals surface area contributed by atoms with Crippen molar-refractivity contribution in [2.75, 3.05) is 13.2 Å². The molecule has 1 aliphatic rings. The Morgan fingerprint density at radius 1 is 1.32 bits per heavy atom. The molecule has 6 heteroatoms. The molecule has 22 heavy (non-hydrogen) atoms. The fourth-order valence-corrected chi connectivity index (χ4v) is 2.65. The number of aryl methyl sites for hydroxylation is 1. The molecule has 2 aromatic heterocycles. The summed E-state index contributed by atoms with van der Waals surface area (Å²) < 4.78 is 7.20. The van der Waals surface area contributed by atoms with Crippen LogP contribution in [-0.4, -0.2) is 33.0 Å². The molecule has 1 aliphatic heterocycles. The molecule has 3 aromatic rings. The molecule has 0 spiro atoms. The van der Waals surface area contributed by atoms with Gasteiger partial charge in [-0.3, -0.25) is 5.10 Å². The average Bonchev–Trinajstić information content (AvgIpc) is 3.17. The van der Waals surface area contributed by atoms with Crippen LogP contribution in [0.5, 0.6) is 0 Å². The fraction of sp³-hybridized carbons (Fsp3) is 0.250. The summed E-state index contributed by atoms with van der Waals surface area (Å²) in [5, 5.41) is 7.44. The van der Waals surface area contributed by atoms with Gasteiger partial charge in [0.1, 0.15) is 5.54 Å². The highest BCUT2D eigenvalue weighted by Gasteiger charge is 2.37. The van der Waals surface area contributed by atoms with E-state index in [0.29, 0.717) is 13.2 Å². The monoisotopic (exact) mass is 295 g/mol. The van der Waals surface area contributed by atoms with Crippen molar-refractivity contribution in [2.45, 2.75) is 12.5 Å². The van der Waals surface area contributed by atoms with E-state index in [0.717, 1.165) is 22.6 Å². The number of benzene rings is 1. The first kappa shape index (κ1) is 13.2. The maximum absolute atomic E-state index is 6.24. The highest BCUT2D eigenvalue weighted by atomic mass is 16.5. The van der Waals surface area contributed by atoms with Crippen molar-refractivity contribution in [3.63, 3.8) is 0 Å². The Bertz CT molecular complexity index is 802. The van der Waals surface area contributed by atoms with Crippen molar-refractivity contribution >= 4 is 0 Å². The van der Waals surface area contributed by atoms with Gasteiger partial charge < -0.3 is 15.0 Å². The summed E-state index contributed by atoms with van der Waals surface area (Å²) in [4.78, 5) is 4.11. The second kappa shape index (κ2) is 4.79. The van der Waals surface area contributed by atoms with Gasteiger partial charge in [-0.05, 0) is 24.6 Å². The predicted octanol–water partition coefficient (Wildman–Crippen LogP) is 1.76. The third-order valence-electron chi connectivity index (χ3n) is 4.12. The van der Waals surface area contributed by atoms with Gasteiger partial charge in [0.15, 0.2) is 0 Å². The third-order valence-corrected chi connectivity index (χ3v) is 4.12. The Hall–Kier alpha value is -2.44. The molecular weight excluding hydrogens is 278 g/mol. The number of hydrogen-bond donors (Lipinski definition) is 2. The summed E-state index contributed by atoms with van der Waals surface area (Å²) in [7, 11) is 0. The molecule has 0 bridgehead atoms. The van der Waals surface area contributed by atoms with Crippen LogP contribution in [0.4, 0.5) is 0 Å². The molecule has 1 saturated heterocycles. The summed E-state index contributed by atoms with van der Waals surface area (Å²) in [6, 6.07) is 8.27. The van der Waals surface area contributed by atoms with Crippen LogP contribution in [0.1, 0.15) is 11.3 Å². The molecule has 1 aromatic carbocycles. The van der Waals surface area contributed by atoms with Crippen molar-refractivity contribution in [1.82, 2.24) is 19.7 Å². The molecule has 0 amide bonds. The lowest BCUT2D eigenvalue weighted by Crippen LogP contribution is -2.54. The molecule has 3 N–H and O–H groups in total. The van der Waals surface area contributed by atoms with Crippen LogP contribution in [0.3, 0.4) is 0 Å². The van der Waals surface area contributed by atoms with Crippen molar-refractivity contribution in [2.24, 2.45) is 5.73 Å². The lowest BCUT2D eigenvalue weighted by Gasteiger charge is -2.36. The van der Waals surface area contributed by atoms with E-state index in [4.69, 9.17) is 10.5 Å². The predicted molar refractivity (Wildman–Crippen MR) is 82.6 cm³/mol. The maximum Gasteiger partial charge on any atom is 0.105 e. The van der Waals surface area contributed by atoms with Crippen molar-refractivity contribution in [3.8, 4) is 16.9 Å². The topological polar surface area (TPSA) is 81.8 Å². The summed E-state index contributed by atoms with van der Waals surface area (Å²) >= 11 is 0. The van der Waals surface area contributed by atoms with E-state index < -0.39 is 5.54 Å². The maximum atomic E-state index is 6.24. The van der Waals surface area contributed by atoms with E-state index in [1.165, 1.54) is 5.56 Å². The van der Waals surface area contributed by atoms with Gasteiger partial charge in [0.05, 0.1) is 36.6 Å². The van der Waals surface area contributed by atoms with Crippen LogP contribution < -0.4 is 5.73 Å². The van der Waals surface area contributed by atoms with Crippen LogP contribution in [0.2, 0.25) is 0 Å². The van der Waals surface area contributed by atoms with E-state index in [2.05, 4.69) is 40.3 Å². The number of ether oxygens (including phenoxy) is 1. The Morgan fingerprint density at radius 2 is 2.18 bits per heavy atom. The zero-order valence-corrected chi connectivity index (χ0v) is 12.3. The molecular formula is C16H17N5O. The van der Waals surface area contributed by atoms with E-state index >= 15 is 0 Å². The second-order valence-corrected chi connectivity index (χ2v) is 5.79. The van der Waals surface area contributed by atoms with Gasteiger partial charge in [-0.25, -0.2) is 4.98 Å². The molecule has 0 atom stereocenters. The summed E-state index contributed by atoms with van der Waals surface area (Å²) in [6.07, 6.45) is 5.50. The van der Waals surface area contributed by atoms with Crippen molar-refractivity contribution in [3.05, 3.63) is 54.2 Å². The van der Waals surface area contributed by atoms with E-state index in [1.807, 2.05) is 16.8 Å². The number of aromatic amines is 1. The Labute approximate surface area is 127 Å². The molecule has 0 saturated carbocycles. The number of nitrogens with zero attached hydrogens (tertiary/aromatic N) is 3. The van der Waals surface area contributed by atoms with Gasteiger partial charge in [-0.1, -0.05) is 12.1 Å². The minimum atomic E-state index is -0.427. The normalized spacial score (nSPS) is 16.5. The molecule has 0 unspecified atom stereocenters. The number of aromatic nitrogens is 4. The van der Waals surface area contributed by atoms with Gasteiger partial charge in [0.2, 0.25) is 0 Å². The lowest BCUT2D eigenvalue weighted by molar-refractivity contribution is -0.0590. The molecule has 1 fully saturated rings. The highest BCUT2D eigenvalue weighted by Crippen LogP contribution is 2.29. The van der Waals surface area contributed by atoms with Gasteiger partial charge in [-0.15, -0.1) is 0 Å². The molecule has 4 rings (SSSR count). The van der Waals surface area contributed by atoms with Gasteiger partial charge in [0, 0.05) is 18.0 Å². The Kier molecular flexibility index (Phi) is 2.88. The number of imidazole rings is 1. The highest BCUT2D eigenvalue weighted by molar-refractivity contribution is 5.64. The van der Waals surface area contributed by atoms with Crippen molar-refractivity contribution in [1.29, 1.82) is 0 Å². The fourth-order valence-electron chi connectivity index (χ4n) is 2.65. The SMILES string of the molecule is Cc1ccc(-c2cc(C3(N)COC3)[nH]n2)cc1-n1ccnc1. The van der Waals surface area contributed by atoms with E-state index in [-0.39, 0.29) is 0 Å². The molecule has 3 heterocycles. The van der Waals surface area contributed by atoms with E-state index in [1.54, 1.807) is 12.5 Å². The number of hydrogen-bond acceptors (Lipinski definition) is 4. The smallest absolute Gasteiger partial charge is 0.105 e. The average molecular weight is 295 g/mol. The first-order valence-electron chi connectivity index (χ1n) is 7.18. The van der Waals surface area contributed by atoms with Crippen LogP contribution >= 0.6 is 0 Å². The van der Waals surface area contributed by atoms with Crippen LogP contribution in [0.25, 0.3) is 16.9 Å². The molecule has 112 valence electrons. The zero-order valence-electron chi connectivity index (χ0n) is 12.3. The Balaban J connectivity index is 1.73. The van der Waals surface area contributed by atoms with Crippen LogP contribution in [0.15, 0.2) is 43.0 Å². The summed E-state index contributed by atoms with van der Waals surface area (Å²) in [6.45, 7) is 3.14. The minimum Gasteiger partial charge on any atom is -0.377 e. The van der Waals surface area contributed by atoms with Crippen molar-refractivity contribution < 1.29 is 4.74 Å². The summed E-state index contributed by atoms with van der Waals surface area (Å²) in [5.41, 5.74) is 10.9. The van der Waals surface area contributed by atoms with Gasteiger partial charge >= 0.3 is 0 Å².